The highest BCUT2D eigenvalue weighted by Crippen LogP contribution is 2.32. The predicted octanol–water partition coefficient (Wildman–Crippen LogP) is 1.72. The van der Waals surface area contributed by atoms with Crippen LogP contribution >= 0.6 is 15.9 Å². The molecule has 1 unspecified atom stereocenters. The molecule has 2 N–H and O–H groups in total. The molecule has 0 aromatic heterocycles. The van der Waals surface area contributed by atoms with Gasteiger partial charge in [-0.3, -0.25) is 0 Å². The smallest absolute Gasteiger partial charge is 0.123 e. The van der Waals surface area contributed by atoms with Crippen LogP contribution in [-0.4, -0.2) is 30.9 Å². The predicted molar refractivity (Wildman–Crippen MR) is 66.8 cm³/mol. The fourth-order valence-electron chi connectivity index (χ4n) is 2.11. The Labute approximate surface area is 104 Å². The van der Waals surface area contributed by atoms with Crippen LogP contribution < -0.4 is 10.1 Å². The molecule has 1 atom stereocenters. The third-order valence-electron chi connectivity index (χ3n) is 3.02. The summed E-state index contributed by atoms with van der Waals surface area (Å²) < 4.78 is 6.31. The molecule has 1 aromatic rings. The highest BCUT2D eigenvalue weighted by Gasteiger charge is 2.32. The number of hydrogen-bond acceptors (Lipinski definition) is 3. The van der Waals surface area contributed by atoms with Crippen LogP contribution in [0.15, 0.2) is 22.7 Å². The van der Waals surface area contributed by atoms with Gasteiger partial charge in [-0.2, -0.15) is 0 Å². The minimum absolute atomic E-state index is 0.616. The maximum absolute atomic E-state index is 10.4. The monoisotopic (exact) mass is 285 g/mol. The van der Waals surface area contributed by atoms with E-state index >= 15 is 0 Å². The molecule has 0 aliphatic carbocycles. The molecule has 0 amide bonds. The van der Waals surface area contributed by atoms with Crippen LogP contribution in [0.2, 0.25) is 0 Å². The number of rotatable bonds is 3. The molecule has 0 spiro atoms. The number of halogens is 1. The van der Waals surface area contributed by atoms with E-state index in [2.05, 4.69) is 21.2 Å². The van der Waals surface area contributed by atoms with Gasteiger partial charge in [-0.15, -0.1) is 0 Å². The molecule has 4 heteroatoms. The van der Waals surface area contributed by atoms with E-state index in [1.54, 1.807) is 7.11 Å². The number of nitrogens with one attached hydrogen (secondary N) is 1. The second-order valence-corrected chi connectivity index (χ2v) is 5.10. The summed E-state index contributed by atoms with van der Waals surface area (Å²) in [5.41, 5.74) is 0.396. The van der Waals surface area contributed by atoms with E-state index in [4.69, 9.17) is 4.74 Å². The summed E-state index contributed by atoms with van der Waals surface area (Å²) in [6.07, 6.45) is 1.40. The first-order chi connectivity index (χ1) is 7.64. The van der Waals surface area contributed by atoms with Crippen molar-refractivity contribution in [1.82, 2.24) is 5.32 Å². The minimum Gasteiger partial charge on any atom is -0.496 e. The van der Waals surface area contributed by atoms with Crippen LogP contribution in [0.25, 0.3) is 0 Å². The van der Waals surface area contributed by atoms with E-state index in [0.29, 0.717) is 13.0 Å². The Bertz CT molecular complexity index is 375. The standard InChI is InChI=1S/C12H16BrNO2/c1-16-11-4-2-3-10(13)9(11)7-12(15)5-6-14-8-12/h2-4,14-15H,5-8H2,1H3. The van der Waals surface area contributed by atoms with Crippen molar-refractivity contribution in [2.75, 3.05) is 20.2 Å². The lowest BCUT2D eigenvalue weighted by Crippen LogP contribution is -2.34. The van der Waals surface area contributed by atoms with Crippen molar-refractivity contribution < 1.29 is 9.84 Å². The third-order valence-corrected chi connectivity index (χ3v) is 3.77. The summed E-state index contributed by atoms with van der Waals surface area (Å²) in [5, 5.41) is 13.5. The molecule has 0 saturated carbocycles. The Hall–Kier alpha value is -0.580. The molecule has 1 aliphatic heterocycles. The van der Waals surface area contributed by atoms with E-state index in [9.17, 15) is 5.11 Å². The van der Waals surface area contributed by atoms with E-state index in [0.717, 1.165) is 28.8 Å². The first-order valence-electron chi connectivity index (χ1n) is 5.39. The topological polar surface area (TPSA) is 41.5 Å². The molecule has 0 radical (unpaired) electrons. The van der Waals surface area contributed by atoms with Crippen LogP contribution in [0.4, 0.5) is 0 Å². The average molecular weight is 286 g/mol. The molecule has 1 fully saturated rings. The van der Waals surface area contributed by atoms with Crippen LogP contribution in [0.5, 0.6) is 5.75 Å². The number of aliphatic hydroxyl groups is 1. The lowest BCUT2D eigenvalue weighted by Gasteiger charge is -2.23. The Morgan fingerprint density at radius 2 is 2.38 bits per heavy atom. The van der Waals surface area contributed by atoms with Crippen molar-refractivity contribution in [1.29, 1.82) is 0 Å². The molecular weight excluding hydrogens is 270 g/mol. The maximum atomic E-state index is 10.4. The molecule has 16 heavy (non-hydrogen) atoms. The summed E-state index contributed by atoms with van der Waals surface area (Å²) in [6, 6.07) is 5.83. The Morgan fingerprint density at radius 3 is 3.00 bits per heavy atom. The normalized spacial score (nSPS) is 24.7. The number of methoxy groups -OCH3 is 1. The number of ether oxygens (including phenoxy) is 1. The fraction of sp³-hybridized carbons (Fsp3) is 0.500. The van der Waals surface area contributed by atoms with E-state index < -0.39 is 5.60 Å². The molecule has 1 saturated heterocycles. The van der Waals surface area contributed by atoms with Gasteiger partial charge in [0.15, 0.2) is 0 Å². The Kier molecular flexibility index (Phi) is 3.52. The quantitative estimate of drug-likeness (QED) is 0.889. The van der Waals surface area contributed by atoms with Crippen molar-refractivity contribution in [3.63, 3.8) is 0 Å². The van der Waals surface area contributed by atoms with Crippen molar-refractivity contribution in [2.24, 2.45) is 0 Å². The van der Waals surface area contributed by atoms with Crippen molar-refractivity contribution in [3.8, 4) is 5.75 Å². The molecule has 3 nitrogen and oxygen atoms in total. The Morgan fingerprint density at radius 1 is 1.56 bits per heavy atom. The molecule has 88 valence electrons. The zero-order valence-corrected chi connectivity index (χ0v) is 10.9. The van der Waals surface area contributed by atoms with Gasteiger partial charge in [0.1, 0.15) is 5.75 Å². The molecule has 1 aliphatic rings. The number of hydrogen-bond donors (Lipinski definition) is 2. The van der Waals surface area contributed by atoms with Crippen molar-refractivity contribution in [2.45, 2.75) is 18.4 Å². The van der Waals surface area contributed by atoms with Gasteiger partial charge in [-0.1, -0.05) is 22.0 Å². The molecule has 2 rings (SSSR count). The molecule has 1 heterocycles. The molecule has 1 aromatic carbocycles. The second kappa shape index (κ2) is 4.73. The SMILES string of the molecule is COc1cccc(Br)c1CC1(O)CCNC1. The van der Waals surface area contributed by atoms with Crippen LogP contribution in [0.1, 0.15) is 12.0 Å². The lowest BCUT2D eigenvalue weighted by atomic mass is 9.93. The van der Waals surface area contributed by atoms with E-state index in [1.807, 2.05) is 18.2 Å². The summed E-state index contributed by atoms with van der Waals surface area (Å²) in [5.74, 6) is 0.828. The number of β-amino-alcohol motifs (C(OH)–C–C–N with tert-alkyl or cyclic N) is 1. The third kappa shape index (κ3) is 2.39. The largest absolute Gasteiger partial charge is 0.496 e. The summed E-state index contributed by atoms with van der Waals surface area (Å²) >= 11 is 3.51. The van der Waals surface area contributed by atoms with Gasteiger partial charge in [0.25, 0.3) is 0 Å². The molecule has 0 bridgehead atoms. The summed E-state index contributed by atoms with van der Waals surface area (Å²) in [4.78, 5) is 0. The van der Waals surface area contributed by atoms with Gasteiger partial charge in [-0.05, 0) is 25.1 Å². The van der Waals surface area contributed by atoms with Gasteiger partial charge < -0.3 is 15.2 Å². The first-order valence-corrected chi connectivity index (χ1v) is 6.18. The van der Waals surface area contributed by atoms with Crippen molar-refractivity contribution >= 4 is 15.9 Å². The maximum Gasteiger partial charge on any atom is 0.123 e. The second-order valence-electron chi connectivity index (χ2n) is 4.25. The minimum atomic E-state index is -0.642. The lowest BCUT2D eigenvalue weighted by molar-refractivity contribution is 0.0611. The fourth-order valence-corrected chi connectivity index (χ4v) is 2.60. The zero-order valence-electron chi connectivity index (χ0n) is 9.29. The number of benzene rings is 1. The van der Waals surface area contributed by atoms with Gasteiger partial charge in [-0.25, -0.2) is 0 Å². The van der Waals surface area contributed by atoms with Gasteiger partial charge >= 0.3 is 0 Å². The van der Waals surface area contributed by atoms with Gasteiger partial charge in [0.05, 0.1) is 12.7 Å². The van der Waals surface area contributed by atoms with Gasteiger partial charge in [0.2, 0.25) is 0 Å². The first kappa shape index (κ1) is 11.9. The Balaban J connectivity index is 2.26. The highest BCUT2D eigenvalue weighted by molar-refractivity contribution is 9.10. The average Bonchev–Trinajstić information content (AvgIpc) is 2.68. The van der Waals surface area contributed by atoms with Crippen LogP contribution in [-0.2, 0) is 6.42 Å². The van der Waals surface area contributed by atoms with Crippen molar-refractivity contribution in [3.05, 3.63) is 28.2 Å². The van der Waals surface area contributed by atoms with E-state index in [-0.39, 0.29) is 0 Å². The molecular formula is C12H16BrNO2. The zero-order chi connectivity index (χ0) is 11.6. The summed E-state index contributed by atoms with van der Waals surface area (Å²) in [7, 11) is 1.65. The van der Waals surface area contributed by atoms with E-state index in [1.165, 1.54) is 0 Å². The van der Waals surface area contributed by atoms with Crippen LogP contribution in [0.3, 0.4) is 0 Å². The van der Waals surface area contributed by atoms with Gasteiger partial charge in [0, 0.05) is 23.0 Å². The summed E-state index contributed by atoms with van der Waals surface area (Å²) in [6.45, 7) is 1.53. The highest BCUT2D eigenvalue weighted by atomic mass is 79.9. The van der Waals surface area contributed by atoms with Crippen LogP contribution in [0, 0.1) is 0 Å².